The van der Waals surface area contributed by atoms with Gasteiger partial charge < -0.3 is 11.1 Å². The summed E-state index contributed by atoms with van der Waals surface area (Å²) >= 11 is 0. The van der Waals surface area contributed by atoms with Crippen molar-refractivity contribution in [1.29, 1.82) is 0 Å². The lowest BCUT2D eigenvalue weighted by atomic mass is 10.2. The summed E-state index contributed by atoms with van der Waals surface area (Å²) in [6.07, 6.45) is 0. The summed E-state index contributed by atoms with van der Waals surface area (Å²) in [5, 5.41) is 2.94. The van der Waals surface area contributed by atoms with Crippen LogP contribution in [0.1, 0.15) is 5.56 Å². The van der Waals surface area contributed by atoms with Crippen LogP contribution in [0.15, 0.2) is 53.4 Å². The third kappa shape index (κ3) is 3.24. The highest BCUT2D eigenvalue weighted by molar-refractivity contribution is 7.86. The number of hydrogen-bond donors (Lipinski definition) is 3. The van der Waals surface area contributed by atoms with E-state index in [-0.39, 0.29) is 16.3 Å². The molecule has 0 saturated heterocycles. The monoisotopic (exact) mass is 278 g/mol. The molecule has 0 heterocycles. The van der Waals surface area contributed by atoms with Crippen molar-refractivity contribution in [3.63, 3.8) is 0 Å². The number of anilines is 2. The summed E-state index contributed by atoms with van der Waals surface area (Å²) in [5.74, 6) is 0. The van der Waals surface area contributed by atoms with E-state index in [0.29, 0.717) is 6.54 Å². The number of nitrogen functional groups attached to an aromatic ring is 1. The molecule has 2 rings (SSSR count). The fourth-order valence-electron chi connectivity index (χ4n) is 1.74. The molecule has 0 bridgehead atoms. The van der Waals surface area contributed by atoms with Gasteiger partial charge in [0, 0.05) is 6.54 Å². The molecule has 0 aliphatic rings. The van der Waals surface area contributed by atoms with E-state index in [0.717, 1.165) is 5.56 Å². The van der Waals surface area contributed by atoms with E-state index in [1.807, 2.05) is 30.3 Å². The molecule has 0 aromatic heterocycles. The molecule has 0 radical (unpaired) electrons. The van der Waals surface area contributed by atoms with Gasteiger partial charge in [0.1, 0.15) is 4.90 Å². The molecule has 0 fully saturated rings. The molecule has 0 aliphatic heterocycles. The van der Waals surface area contributed by atoms with Gasteiger partial charge in [-0.05, 0) is 17.7 Å². The number of para-hydroxylation sites is 1. The Bertz CT molecular complexity index is 670. The molecule has 0 saturated carbocycles. The van der Waals surface area contributed by atoms with Crippen LogP contribution in [0.25, 0.3) is 0 Å². The van der Waals surface area contributed by atoms with Crippen molar-refractivity contribution in [3.05, 3.63) is 54.1 Å². The molecule has 0 amide bonds. The number of hydrogen-bond acceptors (Lipinski definition) is 4. The van der Waals surface area contributed by atoms with Crippen molar-refractivity contribution in [1.82, 2.24) is 0 Å². The first-order valence-electron chi connectivity index (χ1n) is 5.62. The van der Waals surface area contributed by atoms with Crippen molar-refractivity contribution in [3.8, 4) is 0 Å². The van der Waals surface area contributed by atoms with Crippen molar-refractivity contribution < 1.29 is 13.0 Å². The van der Waals surface area contributed by atoms with Crippen molar-refractivity contribution in [2.75, 3.05) is 11.1 Å². The Morgan fingerprint density at radius 2 is 1.74 bits per heavy atom. The van der Waals surface area contributed by atoms with Gasteiger partial charge in [-0.25, -0.2) is 0 Å². The Hall–Kier alpha value is -2.05. The van der Waals surface area contributed by atoms with E-state index >= 15 is 0 Å². The quantitative estimate of drug-likeness (QED) is 0.588. The average molecular weight is 278 g/mol. The Labute approximate surface area is 111 Å². The molecule has 0 spiro atoms. The highest BCUT2D eigenvalue weighted by atomic mass is 32.2. The number of rotatable bonds is 4. The van der Waals surface area contributed by atoms with E-state index in [4.69, 9.17) is 10.3 Å². The maximum absolute atomic E-state index is 11.3. The Kier molecular flexibility index (Phi) is 3.73. The second kappa shape index (κ2) is 5.29. The van der Waals surface area contributed by atoms with Crippen LogP contribution in [0.3, 0.4) is 0 Å². The van der Waals surface area contributed by atoms with Gasteiger partial charge in [-0.2, -0.15) is 8.42 Å². The lowest BCUT2D eigenvalue weighted by molar-refractivity contribution is 0.483. The Morgan fingerprint density at radius 1 is 1.05 bits per heavy atom. The van der Waals surface area contributed by atoms with E-state index < -0.39 is 10.1 Å². The fraction of sp³-hybridized carbons (Fsp3) is 0.0769. The largest absolute Gasteiger partial charge is 0.397 e. The minimum atomic E-state index is -4.30. The maximum Gasteiger partial charge on any atom is 0.296 e. The lowest BCUT2D eigenvalue weighted by Gasteiger charge is -2.12. The van der Waals surface area contributed by atoms with Gasteiger partial charge in [0.15, 0.2) is 0 Å². The topological polar surface area (TPSA) is 92.4 Å². The summed E-state index contributed by atoms with van der Waals surface area (Å²) in [5.41, 5.74) is 7.21. The molecule has 5 nitrogen and oxygen atoms in total. The highest BCUT2D eigenvalue weighted by Crippen LogP contribution is 2.27. The minimum absolute atomic E-state index is 0.217. The highest BCUT2D eigenvalue weighted by Gasteiger charge is 2.17. The normalized spacial score (nSPS) is 11.2. The standard InChI is InChI=1S/C13H14N2O3S/c14-11-7-4-8-12(19(16,17)18)13(11)15-9-10-5-2-1-3-6-10/h1-8,15H,9,14H2,(H,16,17,18). The first kappa shape index (κ1) is 13.4. The number of nitrogens with two attached hydrogens (primary N) is 1. The fourth-order valence-corrected chi connectivity index (χ4v) is 2.44. The molecule has 19 heavy (non-hydrogen) atoms. The summed E-state index contributed by atoms with van der Waals surface area (Å²) in [4.78, 5) is -0.219. The zero-order valence-electron chi connectivity index (χ0n) is 10.1. The van der Waals surface area contributed by atoms with Crippen LogP contribution in [0, 0.1) is 0 Å². The molecule has 0 aliphatic carbocycles. The molecule has 0 atom stereocenters. The van der Waals surface area contributed by atoms with Crippen LogP contribution in [0.4, 0.5) is 11.4 Å². The van der Waals surface area contributed by atoms with E-state index in [1.54, 1.807) is 6.07 Å². The molecule has 2 aromatic rings. The molecular weight excluding hydrogens is 264 g/mol. The van der Waals surface area contributed by atoms with Gasteiger partial charge in [-0.1, -0.05) is 36.4 Å². The number of nitrogens with one attached hydrogen (secondary N) is 1. The van der Waals surface area contributed by atoms with Gasteiger partial charge in [0.25, 0.3) is 10.1 Å². The first-order valence-corrected chi connectivity index (χ1v) is 7.06. The van der Waals surface area contributed by atoms with E-state index in [1.165, 1.54) is 12.1 Å². The van der Waals surface area contributed by atoms with Crippen molar-refractivity contribution >= 4 is 21.5 Å². The maximum atomic E-state index is 11.3. The molecule has 6 heteroatoms. The third-order valence-electron chi connectivity index (χ3n) is 2.65. The van der Waals surface area contributed by atoms with Crippen LogP contribution in [0.5, 0.6) is 0 Å². The summed E-state index contributed by atoms with van der Waals surface area (Å²) < 4.78 is 31.7. The smallest absolute Gasteiger partial charge is 0.296 e. The second-order valence-corrected chi connectivity index (χ2v) is 5.42. The average Bonchev–Trinajstić information content (AvgIpc) is 2.37. The summed E-state index contributed by atoms with van der Waals surface area (Å²) in [6, 6.07) is 13.8. The lowest BCUT2D eigenvalue weighted by Crippen LogP contribution is -2.09. The minimum Gasteiger partial charge on any atom is -0.397 e. The van der Waals surface area contributed by atoms with Gasteiger partial charge in [0.2, 0.25) is 0 Å². The third-order valence-corrected chi connectivity index (χ3v) is 3.54. The second-order valence-electron chi connectivity index (χ2n) is 4.03. The van der Waals surface area contributed by atoms with Crippen LogP contribution in [0.2, 0.25) is 0 Å². The van der Waals surface area contributed by atoms with Crippen LogP contribution in [-0.4, -0.2) is 13.0 Å². The molecule has 4 N–H and O–H groups in total. The Balaban J connectivity index is 2.30. The number of benzene rings is 2. The zero-order chi connectivity index (χ0) is 13.9. The predicted octanol–water partition coefficient (Wildman–Crippen LogP) is 2.13. The SMILES string of the molecule is Nc1cccc(S(=O)(=O)O)c1NCc1ccccc1. The molecule has 2 aromatic carbocycles. The van der Waals surface area contributed by atoms with Gasteiger partial charge in [0.05, 0.1) is 11.4 Å². The van der Waals surface area contributed by atoms with E-state index in [2.05, 4.69) is 5.32 Å². The van der Waals surface area contributed by atoms with Crippen molar-refractivity contribution in [2.24, 2.45) is 0 Å². The summed E-state index contributed by atoms with van der Waals surface area (Å²) in [6.45, 7) is 0.414. The van der Waals surface area contributed by atoms with Crippen LogP contribution >= 0.6 is 0 Å². The first-order chi connectivity index (χ1) is 8.98. The molecule has 100 valence electrons. The van der Waals surface area contributed by atoms with Gasteiger partial charge in [-0.15, -0.1) is 0 Å². The van der Waals surface area contributed by atoms with Gasteiger partial charge in [-0.3, -0.25) is 4.55 Å². The van der Waals surface area contributed by atoms with Crippen LogP contribution < -0.4 is 11.1 Å². The molecular formula is C13H14N2O3S. The summed E-state index contributed by atoms with van der Waals surface area (Å²) in [7, 11) is -4.30. The van der Waals surface area contributed by atoms with Crippen LogP contribution in [-0.2, 0) is 16.7 Å². The van der Waals surface area contributed by atoms with Crippen molar-refractivity contribution in [2.45, 2.75) is 11.4 Å². The molecule has 0 unspecified atom stereocenters. The Morgan fingerprint density at radius 3 is 2.37 bits per heavy atom. The predicted molar refractivity (Wildman–Crippen MR) is 74.4 cm³/mol. The van der Waals surface area contributed by atoms with Gasteiger partial charge >= 0.3 is 0 Å². The zero-order valence-corrected chi connectivity index (χ0v) is 10.9. The van der Waals surface area contributed by atoms with E-state index in [9.17, 15) is 8.42 Å².